The van der Waals surface area contributed by atoms with Gasteiger partial charge >= 0.3 is 0 Å². The van der Waals surface area contributed by atoms with Crippen molar-refractivity contribution in [1.82, 2.24) is 9.97 Å². The molecule has 1 aliphatic rings. The zero-order chi connectivity index (χ0) is 18.8. The Morgan fingerprint density at radius 3 is 2.93 bits per heavy atom. The van der Waals surface area contributed by atoms with E-state index in [9.17, 15) is 0 Å². The molecule has 0 fully saturated rings. The summed E-state index contributed by atoms with van der Waals surface area (Å²) in [5, 5.41) is 3.40. The van der Waals surface area contributed by atoms with Crippen LogP contribution in [0.15, 0.2) is 59.1 Å². The summed E-state index contributed by atoms with van der Waals surface area (Å²) in [6.07, 6.45) is 8.41. The molecule has 5 heteroatoms. The predicted octanol–water partition coefficient (Wildman–Crippen LogP) is 5.89. The summed E-state index contributed by atoms with van der Waals surface area (Å²) < 4.78 is 6.45. The smallest absolute Gasteiger partial charge is 0.148 e. The zero-order valence-corrected chi connectivity index (χ0v) is 16.1. The van der Waals surface area contributed by atoms with Gasteiger partial charge in [-0.25, -0.2) is 9.97 Å². The molecule has 0 saturated carbocycles. The van der Waals surface area contributed by atoms with Gasteiger partial charge < -0.3 is 9.73 Å². The van der Waals surface area contributed by atoms with Gasteiger partial charge in [-0.1, -0.05) is 25.0 Å². The third-order valence-corrected chi connectivity index (χ3v) is 5.64. The molecule has 0 bridgehead atoms. The summed E-state index contributed by atoms with van der Waals surface area (Å²) in [4.78, 5) is 10.5. The van der Waals surface area contributed by atoms with Gasteiger partial charge in [0.05, 0.1) is 23.0 Å². The lowest BCUT2D eigenvalue weighted by Gasteiger charge is -2.08. The molecular formula is C22H19N3OS. The Labute approximate surface area is 162 Å². The van der Waals surface area contributed by atoms with Crippen LogP contribution in [0.4, 0.5) is 5.82 Å². The van der Waals surface area contributed by atoms with E-state index in [-0.39, 0.29) is 0 Å². The van der Waals surface area contributed by atoms with Crippen LogP contribution in [0.25, 0.3) is 21.4 Å². The van der Waals surface area contributed by atoms with Gasteiger partial charge in [0.1, 0.15) is 17.4 Å². The number of thiophene rings is 1. The fourth-order valence-corrected chi connectivity index (χ4v) is 4.24. The minimum absolute atomic E-state index is 0.573. The van der Waals surface area contributed by atoms with Gasteiger partial charge in [-0.05, 0) is 54.9 Å². The number of allylic oxidation sites excluding steroid dienone is 5. The highest BCUT2D eigenvalue weighted by molar-refractivity contribution is 7.21. The van der Waals surface area contributed by atoms with Crippen molar-refractivity contribution in [3.05, 3.63) is 76.7 Å². The Morgan fingerprint density at radius 1 is 1.33 bits per heavy atom. The van der Waals surface area contributed by atoms with Gasteiger partial charge in [-0.3, -0.25) is 0 Å². The number of fused-ring (bicyclic) bond motifs is 1. The van der Waals surface area contributed by atoms with Crippen LogP contribution in [-0.4, -0.2) is 9.97 Å². The zero-order valence-electron chi connectivity index (χ0n) is 15.3. The molecule has 0 spiro atoms. The molecule has 0 atom stereocenters. The van der Waals surface area contributed by atoms with Crippen molar-refractivity contribution in [2.24, 2.45) is 0 Å². The first-order chi connectivity index (χ1) is 13.2. The average molecular weight is 373 g/mol. The minimum atomic E-state index is 0.573. The maximum absolute atomic E-state index is 5.43. The van der Waals surface area contributed by atoms with E-state index in [1.165, 1.54) is 0 Å². The van der Waals surface area contributed by atoms with Crippen LogP contribution in [0.3, 0.4) is 0 Å². The highest BCUT2D eigenvalue weighted by Gasteiger charge is 2.21. The van der Waals surface area contributed by atoms with Crippen LogP contribution in [0, 0.1) is 6.92 Å². The maximum Gasteiger partial charge on any atom is 0.148 e. The number of anilines is 1. The second-order valence-corrected chi connectivity index (χ2v) is 7.24. The van der Waals surface area contributed by atoms with Crippen molar-refractivity contribution in [3.8, 4) is 0 Å². The van der Waals surface area contributed by atoms with E-state index in [0.29, 0.717) is 6.54 Å². The van der Waals surface area contributed by atoms with Crippen molar-refractivity contribution in [2.45, 2.75) is 26.8 Å². The minimum Gasteiger partial charge on any atom is -0.467 e. The standard InChI is InChI=1S/C22H19N3OS/c1-4-14(2)20-18(16-9-6-5-7-10-16)19-21(27-20)22(25-15(3)24-19)23-13-17-11-8-12-26-17/h6,8-12H,2,4,13H2,1,3H3,(H,23,24,25). The Bertz CT molecular complexity index is 1150. The largest absolute Gasteiger partial charge is 0.467 e. The second kappa shape index (κ2) is 7.26. The first-order valence-electron chi connectivity index (χ1n) is 8.81. The van der Waals surface area contributed by atoms with E-state index >= 15 is 0 Å². The van der Waals surface area contributed by atoms with E-state index in [2.05, 4.69) is 35.3 Å². The lowest BCUT2D eigenvalue weighted by Crippen LogP contribution is -2.03. The van der Waals surface area contributed by atoms with Gasteiger partial charge in [0.2, 0.25) is 0 Å². The SMILES string of the molecule is C=C(CC)c1sc2c(NCc3ccco3)nc(C)nc2c1C1=CC=C=C=C1. The fourth-order valence-electron chi connectivity index (χ4n) is 2.97. The van der Waals surface area contributed by atoms with Gasteiger partial charge in [0.15, 0.2) is 0 Å². The van der Waals surface area contributed by atoms with Gasteiger partial charge in [-0.2, -0.15) is 0 Å². The summed E-state index contributed by atoms with van der Waals surface area (Å²) in [5.74, 6) is 2.41. The van der Waals surface area contributed by atoms with Gasteiger partial charge in [0, 0.05) is 10.4 Å². The average Bonchev–Trinajstić information content (AvgIpc) is 3.33. The Hall–Kier alpha value is -3.10. The molecule has 134 valence electrons. The fraction of sp³-hybridized carbons (Fsp3) is 0.182. The summed E-state index contributed by atoms with van der Waals surface area (Å²) >= 11 is 1.68. The molecule has 1 N–H and O–H groups in total. The lowest BCUT2D eigenvalue weighted by molar-refractivity contribution is 0.518. The van der Waals surface area contributed by atoms with Crippen LogP contribution in [0.1, 0.15) is 35.4 Å². The first kappa shape index (κ1) is 17.3. The Kier molecular flexibility index (Phi) is 4.66. The number of furan rings is 1. The molecule has 0 saturated heterocycles. The van der Waals surface area contributed by atoms with Crippen molar-refractivity contribution in [1.29, 1.82) is 0 Å². The number of rotatable bonds is 6. The van der Waals surface area contributed by atoms with E-state index in [0.717, 1.165) is 55.6 Å². The molecule has 4 nitrogen and oxygen atoms in total. The molecule has 0 radical (unpaired) electrons. The van der Waals surface area contributed by atoms with Gasteiger partial charge in [-0.15, -0.1) is 11.3 Å². The third kappa shape index (κ3) is 3.32. The number of hydrogen-bond donors (Lipinski definition) is 1. The maximum atomic E-state index is 5.43. The second-order valence-electron chi connectivity index (χ2n) is 6.22. The molecule has 3 aromatic heterocycles. The van der Waals surface area contributed by atoms with Crippen LogP contribution in [-0.2, 0) is 6.54 Å². The van der Waals surface area contributed by atoms with Crippen molar-refractivity contribution in [2.75, 3.05) is 5.32 Å². The van der Waals surface area contributed by atoms with Crippen LogP contribution in [0.5, 0.6) is 0 Å². The molecule has 3 aromatic rings. The molecule has 1 aliphatic carbocycles. The highest BCUT2D eigenvalue weighted by Crippen LogP contribution is 2.42. The number of hydrogen-bond acceptors (Lipinski definition) is 5. The quantitative estimate of drug-likeness (QED) is 0.547. The van der Waals surface area contributed by atoms with E-state index in [1.54, 1.807) is 17.6 Å². The first-order valence-corrected chi connectivity index (χ1v) is 9.62. The number of nitrogens with zero attached hydrogens (tertiary/aromatic N) is 2. The van der Waals surface area contributed by atoms with E-state index < -0.39 is 0 Å². The molecule has 27 heavy (non-hydrogen) atoms. The number of aryl methyl sites for hydroxylation is 1. The normalized spacial score (nSPS) is 12.6. The van der Waals surface area contributed by atoms with Gasteiger partial charge in [0.25, 0.3) is 0 Å². The van der Waals surface area contributed by atoms with Crippen LogP contribution < -0.4 is 5.32 Å². The molecule has 0 aromatic carbocycles. The Morgan fingerprint density at radius 2 is 2.22 bits per heavy atom. The highest BCUT2D eigenvalue weighted by atomic mass is 32.1. The predicted molar refractivity (Wildman–Crippen MR) is 112 cm³/mol. The van der Waals surface area contributed by atoms with Crippen LogP contribution >= 0.6 is 11.3 Å². The Balaban J connectivity index is 1.87. The molecule has 3 heterocycles. The van der Waals surface area contributed by atoms with Crippen molar-refractivity contribution >= 4 is 38.5 Å². The topological polar surface area (TPSA) is 51.0 Å². The van der Waals surface area contributed by atoms with Crippen molar-refractivity contribution in [3.63, 3.8) is 0 Å². The summed E-state index contributed by atoms with van der Waals surface area (Å²) in [6, 6.07) is 3.83. The summed E-state index contributed by atoms with van der Waals surface area (Å²) in [5.41, 5.74) is 10.2. The monoisotopic (exact) mass is 373 g/mol. The molecule has 4 rings (SSSR count). The lowest BCUT2D eigenvalue weighted by atomic mass is 9.99. The number of aromatic nitrogens is 2. The molecular weight excluding hydrogens is 354 g/mol. The van der Waals surface area contributed by atoms with E-state index in [4.69, 9.17) is 9.40 Å². The van der Waals surface area contributed by atoms with E-state index in [1.807, 2.05) is 37.3 Å². The van der Waals surface area contributed by atoms with Crippen molar-refractivity contribution < 1.29 is 4.42 Å². The van der Waals surface area contributed by atoms with Crippen LogP contribution in [0.2, 0.25) is 0 Å². The number of nitrogens with one attached hydrogen (secondary N) is 1. The summed E-state index contributed by atoms with van der Waals surface area (Å²) in [7, 11) is 0. The molecule has 0 amide bonds. The third-order valence-electron chi connectivity index (χ3n) is 4.35. The molecule has 0 aliphatic heterocycles. The molecule has 0 unspecified atom stereocenters. The summed E-state index contributed by atoms with van der Waals surface area (Å²) in [6.45, 7) is 8.88.